The van der Waals surface area contributed by atoms with Crippen LogP contribution in [-0.2, 0) is 16.1 Å². The number of hydrogen-bond acceptors (Lipinski definition) is 6. The number of carbonyl (C=O) groups excluding carboxylic acids is 2. The standard InChI is InChI=1S/C25H22BrNO6/c1-3-32-17-9-6-15(7-10-17)14-27-22(20-5-4-12-33-20)21(24(29)25(27)30)23(28)16-8-11-19(31-2)18(26)13-16/h4-13,22,28H,3,14H2,1-2H3/b23-21-. The molecule has 1 N–H and O–H groups in total. The monoisotopic (exact) mass is 511 g/mol. The van der Waals surface area contributed by atoms with Crippen LogP contribution in [-0.4, -0.2) is 35.4 Å². The smallest absolute Gasteiger partial charge is 0.296 e. The minimum Gasteiger partial charge on any atom is -0.507 e. The summed E-state index contributed by atoms with van der Waals surface area (Å²) in [6.45, 7) is 2.61. The molecule has 1 aliphatic heterocycles. The summed E-state index contributed by atoms with van der Waals surface area (Å²) >= 11 is 3.39. The Morgan fingerprint density at radius 3 is 2.52 bits per heavy atom. The van der Waals surface area contributed by atoms with Gasteiger partial charge in [-0.2, -0.15) is 0 Å². The summed E-state index contributed by atoms with van der Waals surface area (Å²) in [7, 11) is 1.53. The van der Waals surface area contributed by atoms with Crippen LogP contribution in [0, 0.1) is 0 Å². The predicted molar refractivity (Wildman–Crippen MR) is 125 cm³/mol. The number of carbonyl (C=O) groups is 2. The molecule has 170 valence electrons. The van der Waals surface area contributed by atoms with Gasteiger partial charge in [0.05, 0.1) is 30.0 Å². The molecule has 0 saturated carbocycles. The lowest BCUT2D eigenvalue weighted by atomic mass is 9.99. The number of amides is 1. The van der Waals surface area contributed by atoms with E-state index in [0.29, 0.717) is 28.2 Å². The lowest BCUT2D eigenvalue weighted by Crippen LogP contribution is -2.29. The van der Waals surface area contributed by atoms with Crippen LogP contribution < -0.4 is 9.47 Å². The quantitative estimate of drug-likeness (QED) is 0.270. The second-order valence-electron chi connectivity index (χ2n) is 7.37. The third-order valence-corrected chi connectivity index (χ3v) is 5.98. The number of nitrogens with zero attached hydrogens (tertiary/aromatic N) is 1. The first kappa shape index (κ1) is 22.7. The van der Waals surface area contributed by atoms with Crippen molar-refractivity contribution in [3.63, 3.8) is 0 Å². The molecule has 0 aliphatic carbocycles. The zero-order valence-electron chi connectivity index (χ0n) is 18.1. The van der Waals surface area contributed by atoms with E-state index >= 15 is 0 Å². The van der Waals surface area contributed by atoms with Crippen LogP contribution in [0.4, 0.5) is 0 Å². The Kier molecular flexibility index (Phi) is 6.55. The zero-order valence-corrected chi connectivity index (χ0v) is 19.7. The summed E-state index contributed by atoms with van der Waals surface area (Å²) in [5.41, 5.74) is 1.15. The number of methoxy groups -OCH3 is 1. The maximum absolute atomic E-state index is 13.1. The average molecular weight is 512 g/mol. The first-order chi connectivity index (χ1) is 15.9. The van der Waals surface area contributed by atoms with Crippen molar-refractivity contribution in [2.24, 2.45) is 0 Å². The van der Waals surface area contributed by atoms with Gasteiger partial charge in [-0.3, -0.25) is 9.59 Å². The molecule has 2 aromatic carbocycles. The van der Waals surface area contributed by atoms with E-state index in [0.717, 1.165) is 11.3 Å². The predicted octanol–water partition coefficient (Wildman–Crippen LogP) is 5.07. The second-order valence-corrected chi connectivity index (χ2v) is 8.22. The SMILES string of the molecule is CCOc1ccc(CN2C(=O)C(=O)/C(=C(\O)c3ccc(OC)c(Br)c3)C2c2ccco2)cc1. The van der Waals surface area contributed by atoms with Gasteiger partial charge in [0.2, 0.25) is 0 Å². The molecular weight excluding hydrogens is 490 g/mol. The molecule has 1 saturated heterocycles. The number of halogens is 1. The normalized spacial score (nSPS) is 17.4. The zero-order chi connectivity index (χ0) is 23.5. The van der Waals surface area contributed by atoms with Crippen LogP contribution in [0.2, 0.25) is 0 Å². The number of rotatable bonds is 7. The minimum absolute atomic E-state index is 0.0297. The summed E-state index contributed by atoms with van der Waals surface area (Å²) < 4.78 is 16.9. The van der Waals surface area contributed by atoms with E-state index in [1.54, 1.807) is 30.3 Å². The molecule has 7 nitrogen and oxygen atoms in total. The summed E-state index contributed by atoms with van der Waals surface area (Å²) in [6, 6.07) is 14.7. The van der Waals surface area contributed by atoms with Crippen LogP contribution in [0.15, 0.2) is 75.3 Å². The molecule has 1 atom stereocenters. The molecule has 1 aliphatic rings. The maximum atomic E-state index is 13.1. The van der Waals surface area contributed by atoms with Gasteiger partial charge in [0.15, 0.2) is 0 Å². The Morgan fingerprint density at radius 2 is 1.91 bits per heavy atom. The fraction of sp³-hybridized carbons (Fsp3) is 0.200. The van der Waals surface area contributed by atoms with E-state index < -0.39 is 17.7 Å². The number of aliphatic hydroxyl groups is 1. The topological polar surface area (TPSA) is 89.2 Å². The molecule has 8 heteroatoms. The van der Waals surface area contributed by atoms with Gasteiger partial charge in [0.1, 0.15) is 29.1 Å². The number of hydrogen-bond donors (Lipinski definition) is 1. The molecule has 4 rings (SSSR count). The molecule has 1 fully saturated rings. The molecular formula is C25H22BrNO6. The number of furan rings is 1. The van der Waals surface area contributed by atoms with Gasteiger partial charge < -0.3 is 23.9 Å². The summed E-state index contributed by atoms with van der Waals surface area (Å²) in [6.07, 6.45) is 1.47. The van der Waals surface area contributed by atoms with Crippen molar-refractivity contribution in [3.05, 3.63) is 87.8 Å². The molecule has 3 aromatic rings. The highest BCUT2D eigenvalue weighted by atomic mass is 79.9. The van der Waals surface area contributed by atoms with Gasteiger partial charge in [-0.05, 0) is 70.9 Å². The fourth-order valence-corrected chi connectivity index (χ4v) is 4.35. The highest BCUT2D eigenvalue weighted by Gasteiger charge is 2.47. The Hall–Kier alpha value is -3.52. The van der Waals surface area contributed by atoms with Gasteiger partial charge in [0, 0.05) is 12.1 Å². The number of ketones is 1. The van der Waals surface area contributed by atoms with Crippen LogP contribution >= 0.6 is 15.9 Å². The van der Waals surface area contributed by atoms with Crippen molar-refractivity contribution < 1.29 is 28.6 Å². The van der Waals surface area contributed by atoms with E-state index in [4.69, 9.17) is 13.9 Å². The molecule has 1 aromatic heterocycles. The fourth-order valence-electron chi connectivity index (χ4n) is 3.81. The van der Waals surface area contributed by atoms with Crippen LogP contribution in [0.3, 0.4) is 0 Å². The lowest BCUT2D eigenvalue weighted by Gasteiger charge is -2.23. The number of aliphatic hydroxyl groups excluding tert-OH is 1. The Labute approximate surface area is 199 Å². The maximum Gasteiger partial charge on any atom is 0.296 e. The molecule has 1 amide bonds. The Balaban J connectivity index is 1.76. The van der Waals surface area contributed by atoms with Crippen molar-refractivity contribution in [3.8, 4) is 11.5 Å². The van der Waals surface area contributed by atoms with Gasteiger partial charge in [0.25, 0.3) is 11.7 Å². The molecule has 1 unspecified atom stereocenters. The van der Waals surface area contributed by atoms with Crippen molar-refractivity contribution in [2.75, 3.05) is 13.7 Å². The highest BCUT2D eigenvalue weighted by molar-refractivity contribution is 9.10. The van der Waals surface area contributed by atoms with Gasteiger partial charge in [-0.25, -0.2) is 0 Å². The molecule has 2 heterocycles. The number of Topliss-reactive ketones (excluding diaryl/α,β-unsaturated/α-hetero) is 1. The van der Waals surface area contributed by atoms with Crippen LogP contribution in [0.25, 0.3) is 5.76 Å². The van der Waals surface area contributed by atoms with E-state index in [1.165, 1.54) is 18.3 Å². The van der Waals surface area contributed by atoms with Gasteiger partial charge in [-0.1, -0.05) is 12.1 Å². The van der Waals surface area contributed by atoms with Crippen molar-refractivity contribution in [1.29, 1.82) is 0 Å². The third-order valence-electron chi connectivity index (χ3n) is 5.37. The lowest BCUT2D eigenvalue weighted by molar-refractivity contribution is -0.140. The van der Waals surface area contributed by atoms with Crippen LogP contribution in [0.5, 0.6) is 11.5 Å². The van der Waals surface area contributed by atoms with Crippen molar-refractivity contribution in [2.45, 2.75) is 19.5 Å². The minimum atomic E-state index is -0.868. The first-order valence-corrected chi connectivity index (χ1v) is 11.1. The Morgan fingerprint density at radius 1 is 1.15 bits per heavy atom. The number of ether oxygens (including phenoxy) is 2. The van der Waals surface area contributed by atoms with Gasteiger partial charge in [-0.15, -0.1) is 0 Å². The van der Waals surface area contributed by atoms with Crippen LogP contribution in [0.1, 0.15) is 29.9 Å². The van der Waals surface area contributed by atoms with E-state index in [2.05, 4.69) is 15.9 Å². The Bertz CT molecular complexity index is 1200. The molecule has 0 bridgehead atoms. The average Bonchev–Trinajstić information content (AvgIpc) is 3.43. The molecule has 33 heavy (non-hydrogen) atoms. The third kappa shape index (κ3) is 4.39. The van der Waals surface area contributed by atoms with Crippen molar-refractivity contribution >= 4 is 33.4 Å². The summed E-state index contributed by atoms with van der Waals surface area (Å²) in [5.74, 6) is -0.0891. The second kappa shape index (κ2) is 9.54. The van der Waals surface area contributed by atoms with E-state index in [-0.39, 0.29) is 17.9 Å². The molecule has 0 radical (unpaired) electrons. The highest BCUT2D eigenvalue weighted by Crippen LogP contribution is 2.41. The summed E-state index contributed by atoms with van der Waals surface area (Å²) in [5, 5.41) is 11.1. The number of likely N-dealkylation sites (tertiary alicyclic amines) is 1. The van der Waals surface area contributed by atoms with E-state index in [1.807, 2.05) is 31.2 Å². The largest absolute Gasteiger partial charge is 0.507 e. The summed E-state index contributed by atoms with van der Waals surface area (Å²) in [4.78, 5) is 27.5. The first-order valence-electron chi connectivity index (χ1n) is 10.3. The number of benzene rings is 2. The van der Waals surface area contributed by atoms with E-state index in [9.17, 15) is 14.7 Å². The molecule has 0 spiro atoms. The van der Waals surface area contributed by atoms with Crippen molar-refractivity contribution in [1.82, 2.24) is 4.90 Å². The van der Waals surface area contributed by atoms with Gasteiger partial charge >= 0.3 is 0 Å².